The van der Waals surface area contributed by atoms with E-state index in [1.807, 2.05) is 0 Å². The number of rotatable bonds is 5. The molecule has 1 amide bonds. The van der Waals surface area contributed by atoms with Gasteiger partial charge in [-0.1, -0.05) is 20.8 Å². The van der Waals surface area contributed by atoms with Crippen LogP contribution in [-0.2, 0) is 4.79 Å². The average molecular weight is 291 g/mol. The fraction of sp³-hybridized carbons (Fsp3) is 0.933. The average Bonchev–Trinajstić information content (AvgIpc) is 2.61. The van der Waals surface area contributed by atoms with Crippen LogP contribution in [0, 0.1) is 5.41 Å². The lowest BCUT2D eigenvalue weighted by Crippen LogP contribution is -2.46. The first-order valence-electron chi connectivity index (χ1n) is 7.22. The standard InChI is InChI=1S/C15H30N2O.ClH/c1-14(2,3)11-15(4,5)17-13(18)9-8-12-7-6-10-16-12;/h12,16H,6-11H2,1-5H3,(H,17,18);1H. The van der Waals surface area contributed by atoms with Crippen molar-refractivity contribution in [2.45, 2.75) is 78.3 Å². The van der Waals surface area contributed by atoms with Crippen molar-refractivity contribution in [2.24, 2.45) is 5.41 Å². The first-order chi connectivity index (χ1) is 8.18. The zero-order valence-corrected chi connectivity index (χ0v) is 14.0. The quantitative estimate of drug-likeness (QED) is 0.816. The van der Waals surface area contributed by atoms with E-state index < -0.39 is 0 Å². The monoisotopic (exact) mass is 290 g/mol. The van der Waals surface area contributed by atoms with Crippen molar-refractivity contribution in [3.05, 3.63) is 0 Å². The summed E-state index contributed by atoms with van der Waals surface area (Å²) in [7, 11) is 0. The number of hydrogen-bond donors (Lipinski definition) is 2. The van der Waals surface area contributed by atoms with Crippen LogP contribution < -0.4 is 10.6 Å². The molecule has 0 aromatic carbocycles. The summed E-state index contributed by atoms with van der Waals surface area (Å²) >= 11 is 0. The van der Waals surface area contributed by atoms with E-state index in [1.165, 1.54) is 12.8 Å². The highest BCUT2D eigenvalue weighted by atomic mass is 35.5. The zero-order chi connectivity index (χ0) is 13.8. The van der Waals surface area contributed by atoms with Crippen LogP contribution in [0.1, 0.15) is 66.7 Å². The number of halogens is 1. The van der Waals surface area contributed by atoms with E-state index in [1.54, 1.807) is 0 Å². The predicted octanol–water partition coefficient (Wildman–Crippen LogP) is 3.27. The number of hydrogen-bond acceptors (Lipinski definition) is 2. The van der Waals surface area contributed by atoms with Gasteiger partial charge in [-0.2, -0.15) is 0 Å². The third kappa shape index (κ3) is 8.48. The van der Waals surface area contributed by atoms with Crippen LogP contribution >= 0.6 is 12.4 Å². The topological polar surface area (TPSA) is 41.1 Å². The van der Waals surface area contributed by atoms with Crippen LogP contribution in [0.5, 0.6) is 0 Å². The molecule has 1 atom stereocenters. The first-order valence-corrected chi connectivity index (χ1v) is 7.22. The molecular formula is C15H31ClN2O. The van der Waals surface area contributed by atoms with Gasteiger partial charge in [0.2, 0.25) is 5.91 Å². The Morgan fingerprint density at radius 2 is 1.89 bits per heavy atom. The Bertz CT molecular complexity index is 278. The number of nitrogens with one attached hydrogen (secondary N) is 2. The Hall–Kier alpha value is -0.280. The molecule has 0 spiro atoms. The summed E-state index contributed by atoms with van der Waals surface area (Å²) in [6, 6.07) is 0.557. The molecule has 1 aliphatic rings. The molecule has 1 fully saturated rings. The molecule has 1 heterocycles. The van der Waals surface area contributed by atoms with Gasteiger partial charge in [-0.25, -0.2) is 0 Å². The predicted molar refractivity (Wildman–Crippen MR) is 83.8 cm³/mol. The fourth-order valence-corrected chi connectivity index (χ4v) is 3.12. The molecular weight excluding hydrogens is 260 g/mol. The molecule has 1 unspecified atom stereocenters. The van der Waals surface area contributed by atoms with Crippen molar-refractivity contribution in [3.8, 4) is 0 Å². The van der Waals surface area contributed by atoms with Gasteiger partial charge in [0.15, 0.2) is 0 Å². The lowest BCUT2D eigenvalue weighted by molar-refractivity contribution is -0.123. The molecule has 19 heavy (non-hydrogen) atoms. The smallest absolute Gasteiger partial charge is 0.220 e. The Morgan fingerprint density at radius 1 is 1.26 bits per heavy atom. The second-order valence-electron chi connectivity index (χ2n) is 7.50. The summed E-state index contributed by atoms with van der Waals surface area (Å²) in [5.74, 6) is 0.193. The third-order valence-corrected chi connectivity index (χ3v) is 3.33. The summed E-state index contributed by atoms with van der Waals surface area (Å²) in [5, 5.41) is 6.60. The van der Waals surface area contributed by atoms with Gasteiger partial charge in [0.25, 0.3) is 0 Å². The first kappa shape index (κ1) is 18.7. The molecule has 0 bridgehead atoms. The van der Waals surface area contributed by atoms with Gasteiger partial charge in [-0.15, -0.1) is 12.4 Å². The van der Waals surface area contributed by atoms with Crippen LogP contribution in [0.3, 0.4) is 0 Å². The number of amides is 1. The molecule has 4 heteroatoms. The molecule has 1 rings (SSSR count). The minimum Gasteiger partial charge on any atom is -0.351 e. The van der Waals surface area contributed by atoms with Crippen LogP contribution in [0.15, 0.2) is 0 Å². The van der Waals surface area contributed by atoms with Crippen molar-refractivity contribution in [1.29, 1.82) is 0 Å². The van der Waals surface area contributed by atoms with E-state index in [-0.39, 0.29) is 29.3 Å². The fourth-order valence-electron chi connectivity index (χ4n) is 3.12. The molecule has 2 N–H and O–H groups in total. The van der Waals surface area contributed by atoms with E-state index in [0.717, 1.165) is 19.4 Å². The number of carbonyl (C=O) groups is 1. The summed E-state index contributed by atoms with van der Waals surface area (Å²) in [4.78, 5) is 12.0. The second kappa shape index (κ2) is 7.49. The second-order valence-corrected chi connectivity index (χ2v) is 7.50. The molecule has 114 valence electrons. The van der Waals surface area contributed by atoms with Gasteiger partial charge in [0.05, 0.1) is 0 Å². The Kier molecular flexibility index (Phi) is 7.38. The lowest BCUT2D eigenvalue weighted by Gasteiger charge is -2.33. The van der Waals surface area contributed by atoms with Gasteiger partial charge in [-0.3, -0.25) is 4.79 Å². The summed E-state index contributed by atoms with van der Waals surface area (Å²) < 4.78 is 0. The van der Waals surface area contributed by atoms with E-state index in [0.29, 0.717) is 12.5 Å². The SMILES string of the molecule is CC(C)(C)CC(C)(C)NC(=O)CCC1CCCN1.Cl. The molecule has 0 aromatic rings. The number of carbonyl (C=O) groups excluding carboxylic acids is 1. The molecule has 0 aliphatic carbocycles. The maximum atomic E-state index is 12.0. The van der Waals surface area contributed by atoms with Crippen LogP contribution in [0.25, 0.3) is 0 Å². The van der Waals surface area contributed by atoms with E-state index in [4.69, 9.17) is 0 Å². The maximum absolute atomic E-state index is 12.0. The molecule has 0 radical (unpaired) electrons. The molecule has 1 aliphatic heterocycles. The summed E-state index contributed by atoms with van der Waals surface area (Å²) in [6.45, 7) is 12.0. The van der Waals surface area contributed by atoms with Gasteiger partial charge >= 0.3 is 0 Å². The lowest BCUT2D eigenvalue weighted by atomic mass is 9.81. The van der Waals surface area contributed by atoms with Gasteiger partial charge in [0, 0.05) is 18.0 Å². The highest BCUT2D eigenvalue weighted by Gasteiger charge is 2.27. The van der Waals surface area contributed by atoms with Gasteiger partial charge in [-0.05, 0) is 51.5 Å². The van der Waals surface area contributed by atoms with Crippen molar-refractivity contribution >= 4 is 18.3 Å². The Labute approximate surface area is 124 Å². The van der Waals surface area contributed by atoms with Crippen LogP contribution in [0.2, 0.25) is 0 Å². The minimum atomic E-state index is -0.113. The Morgan fingerprint density at radius 3 is 2.37 bits per heavy atom. The summed E-state index contributed by atoms with van der Waals surface area (Å²) in [6.07, 6.45) is 5.08. The van der Waals surface area contributed by atoms with Gasteiger partial charge in [0.1, 0.15) is 0 Å². The van der Waals surface area contributed by atoms with Crippen LogP contribution in [0.4, 0.5) is 0 Å². The van der Waals surface area contributed by atoms with E-state index in [9.17, 15) is 4.79 Å². The van der Waals surface area contributed by atoms with E-state index >= 15 is 0 Å². The molecule has 3 nitrogen and oxygen atoms in total. The molecule has 1 saturated heterocycles. The van der Waals surface area contributed by atoms with Crippen molar-refractivity contribution in [2.75, 3.05) is 6.54 Å². The summed E-state index contributed by atoms with van der Waals surface area (Å²) in [5.41, 5.74) is 0.127. The highest BCUT2D eigenvalue weighted by molar-refractivity contribution is 5.85. The highest BCUT2D eigenvalue weighted by Crippen LogP contribution is 2.26. The minimum absolute atomic E-state index is 0. The maximum Gasteiger partial charge on any atom is 0.220 e. The normalized spacial score (nSPS) is 19.9. The van der Waals surface area contributed by atoms with E-state index in [2.05, 4.69) is 45.3 Å². The zero-order valence-electron chi connectivity index (χ0n) is 13.1. The molecule has 0 aromatic heterocycles. The van der Waals surface area contributed by atoms with Crippen LogP contribution in [-0.4, -0.2) is 24.0 Å². The largest absolute Gasteiger partial charge is 0.351 e. The van der Waals surface area contributed by atoms with Crippen molar-refractivity contribution in [3.63, 3.8) is 0 Å². The molecule has 0 saturated carbocycles. The van der Waals surface area contributed by atoms with Crippen molar-refractivity contribution < 1.29 is 4.79 Å². The van der Waals surface area contributed by atoms with Gasteiger partial charge < -0.3 is 10.6 Å². The van der Waals surface area contributed by atoms with Crippen molar-refractivity contribution in [1.82, 2.24) is 10.6 Å². The third-order valence-electron chi connectivity index (χ3n) is 3.33. The Balaban J connectivity index is 0.00000324.